The van der Waals surface area contributed by atoms with Crippen molar-refractivity contribution < 1.29 is 23.4 Å². The molecule has 7 heteroatoms. The van der Waals surface area contributed by atoms with Crippen LogP contribution in [0.2, 0.25) is 0 Å². The van der Waals surface area contributed by atoms with E-state index in [-0.39, 0.29) is 23.9 Å². The van der Waals surface area contributed by atoms with Crippen LogP contribution < -0.4 is 20.5 Å². The van der Waals surface area contributed by atoms with Crippen molar-refractivity contribution in [3.05, 3.63) is 17.9 Å². The fourth-order valence-electron chi connectivity index (χ4n) is 2.49. The molecule has 3 N–H and O–H groups in total. The van der Waals surface area contributed by atoms with E-state index < -0.39 is 11.2 Å². The summed E-state index contributed by atoms with van der Waals surface area (Å²) < 4.78 is 29.5. The second kappa shape index (κ2) is 6.93. The lowest BCUT2D eigenvalue weighted by Crippen LogP contribution is -2.46. The van der Waals surface area contributed by atoms with E-state index in [1.54, 1.807) is 0 Å². The number of carbonyl (C=O) groups is 1. The summed E-state index contributed by atoms with van der Waals surface area (Å²) in [5.41, 5.74) is 5.10. The average Bonchev–Trinajstić information content (AvgIpc) is 2.56. The van der Waals surface area contributed by atoms with E-state index in [4.69, 9.17) is 19.9 Å². The van der Waals surface area contributed by atoms with Crippen LogP contribution in [0.3, 0.4) is 0 Å². The van der Waals surface area contributed by atoms with Gasteiger partial charge in [-0.1, -0.05) is 0 Å². The molecule has 122 valence electrons. The van der Waals surface area contributed by atoms with Crippen molar-refractivity contribution in [3.63, 3.8) is 0 Å². The molecule has 1 heterocycles. The van der Waals surface area contributed by atoms with Crippen LogP contribution >= 0.6 is 0 Å². The quantitative estimate of drug-likeness (QED) is 0.861. The number of anilines is 1. The summed E-state index contributed by atoms with van der Waals surface area (Å²) in [4.78, 5) is 12.5. The highest BCUT2D eigenvalue weighted by Gasteiger charge is 2.39. The molecule has 1 aromatic rings. The normalized spacial score (nSPS) is 16.9. The molecule has 0 radical (unpaired) electrons. The van der Waals surface area contributed by atoms with Crippen LogP contribution in [-0.4, -0.2) is 39.9 Å². The number of carbonyl (C=O) groups excluding carboxylic acids is 1. The number of amides is 1. The summed E-state index contributed by atoms with van der Waals surface area (Å²) in [6.07, 6.45) is 1.04. The zero-order valence-corrected chi connectivity index (χ0v) is 12.8. The first-order valence-electron chi connectivity index (χ1n) is 7.07. The van der Waals surface area contributed by atoms with Gasteiger partial charge < -0.3 is 25.3 Å². The van der Waals surface area contributed by atoms with Crippen LogP contribution in [0.4, 0.5) is 10.1 Å². The van der Waals surface area contributed by atoms with Gasteiger partial charge in [-0.05, 0) is 12.8 Å². The third-order valence-corrected chi connectivity index (χ3v) is 4.04. The minimum Gasteiger partial charge on any atom is -0.493 e. The van der Waals surface area contributed by atoms with Crippen molar-refractivity contribution in [2.24, 2.45) is 11.1 Å². The Bertz CT molecular complexity index is 545. The summed E-state index contributed by atoms with van der Waals surface area (Å²) in [6, 6.07) is 2.57. The molecule has 0 atom stereocenters. The van der Waals surface area contributed by atoms with Gasteiger partial charge in [0, 0.05) is 31.9 Å². The summed E-state index contributed by atoms with van der Waals surface area (Å²) in [7, 11) is 2.86. The first kappa shape index (κ1) is 16.5. The molecular weight excluding hydrogens is 291 g/mol. The van der Waals surface area contributed by atoms with Gasteiger partial charge in [-0.25, -0.2) is 4.39 Å². The van der Waals surface area contributed by atoms with Gasteiger partial charge in [0.2, 0.25) is 5.91 Å². The number of nitrogens with one attached hydrogen (secondary N) is 1. The topological polar surface area (TPSA) is 82.8 Å². The van der Waals surface area contributed by atoms with Crippen LogP contribution in [-0.2, 0) is 9.53 Å². The number of hydrogen-bond donors (Lipinski definition) is 2. The number of methoxy groups -OCH3 is 2. The molecule has 1 saturated heterocycles. The standard InChI is InChI=1S/C15H21FN2O4/c1-20-12-7-10(16)11(8-13(12)21-2)18-14(19)15(9-17)3-5-22-6-4-15/h7-8H,3-6,9,17H2,1-2H3,(H,18,19). The Morgan fingerprint density at radius 1 is 1.32 bits per heavy atom. The molecule has 0 spiro atoms. The van der Waals surface area contributed by atoms with Crippen LogP contribution in [0.1, 0.15) is 12.8 Å². The molecule has 0 unspecified atom stereocenters. The van der Waals surface area contributed by atoms with E-state index in [1.807, 2.05) is 0 Å². The average molecular weight is 312 g/mol. The van der Waals surface area contributed by atoms with E-state index in [1.165, 1.54) is 26.4 Å². The summed E-state index contributed by atoms with van der Waals surface area (Å²) in [5.74, 6) is -0.291. The van der Waals surface area contributed by atoms with E-state index in [0.717, 1.165) is 0 Å². The molecule has 1 amide bonds. The monoisotopic (exact) mass is 312 g/mol. The van der Waals surface area contributed by atoms with Crippen molar-refractivity contribution in [2.45, 2.75) is 12.8 Å². The van der Waals surface area contributed by atoms with Crippen molar-refractivity contribution in [1.82, 2.24) is 0 Å². The molecule has 0 saturated carbocycles. The Morgan fingerprint density at radius 2 is 1.91 bits per heavy atom. The van der Waals surface area contributed by atoms with Crippen LogP contribution in [0.15, 0.2) is 12.1 Å². The second-order valence-corrected chi connectivity index (χ2v) is 5.24. The van der Waals surface area contributed by atoms with E-state index in [0.29, 0.717) is 31.8 Å². The SMILES string of the molecule is COc1cc(F)c(NC(=O)C2(CN)CCOCC2)cc1OC. The zero-order valence-electron chi connectivity index (χ0n) is 12.8. The van der Waals surface area contributed by atoms with Gasteiger partial charge in [0.25, 0.3) is 0 Å². The molecule has 1 aliphatic heterocycles. The van der Waals surface area contributed by atoms with Gasteiger partial charge in [-0.3, -0.25) is 4.79 Å². The van der Waals surface area contributed by atoms with E-state index in [9.17, 15) is 9.18 Å². The number of ether oxygens (including phenoxy) is 3. The number of halogens is 1. The summed E-state index contributed by atoms with van der Waals surface area (Å²) >= 11 is 0. The molecule has 1 fully saturated rings. The minimum atomic E-state index is -0.724. The molecule has 2 rings (SSSR count). The number of hydrogen-bond acceptors (Lipinski definition) is 5. The lowest BCUT2D eigenvalue weighted by molar-refractivity contribution is -0.130. The Balaban J connectivity index is 2.24. The molecule has 22 heavy (non-hydrogen) atoms. The van der Waals surface area contributed by atoms with E-state index in [2.05, 4.69) is 5.32 Å². The first-order valence-corrected chi connectivity index (χ1v) is 7.07. The summed E-state index contributed by atoms with van der Waals surface area (Å²) in [6.45, 7) is 1.13. The van der Waals surface area contributed by atoms with Crippen LogP contribution in [0.25, 0.3) is 0 Å². The number of nitrogens with two attached hydrogens (primary N) is 1. The fourth-order valence-corrected chi connectivity index (χ4v) is 2.49. The predicted octanol–water partition coefficient (Wildman–Crippen LogP) is 1.54. The molecular formula is C15H21FN2O4. The molecule has 1 aliphatic rings. The lowest BCUT2D eigenvalue weighted by atomic mass is 9.79. The zero-order chi connectivity index (χ0) is 16.2. The highest BCUT2D eigenvalue weighted by molar-refractivity contribution is 5.96. The maximum absolute atomic E-state index is 14.1. The van der Waals surface area contributed by atoms with Gasteiger partial charge in [0.1, 0.15) is 0 Å². The van der Waals surface area contributed by atoms with E-state index >= 15 is 0 Å². The third kappa shape index (κ3) is 3.15. The summed E-state index contributed by atoms with van der Waals surface area (Å²) in [5, 5.41) is 2.61. The molecule has 0 aliphatic carbocycles. The van der Waals surface area contributed by atoms with Gasteiger partial charge in [0.15, 0.2) is 17.3 Å². The number of rotatable bonds is 5. The van der Waals surface area contributed by atoms with Crippen molar-refractivity contribution in [2.75, 3.05) is 39.3 Å². The first-order chi connectivity index (χ1) is 10.6. The largest absolute Gasteiger partial charge is 0.493 e. The Labute approximate surface area is 128 Å². The maximum Gasteiger partial charge on any atom is 0.232 e. The second-order valence-electron chi connectivity index (χ2n) is 5.24. The Kier molecular flexibility index (Phi) is 5.20. The van der Waals surface area contributed by atoms with Gasteiger partial charge in [-0.2, -0.15) is 0 Å². The molecule has 0 aromatic heterocycles. The van der Waals surface area contributed by atoms with Crippen molar-refractivity contribution in [3.8, 4) is 11.5 Å². The lowest BCUT2D eigenvalue weighted by Gasteiger charge is -2.34. The smallest absolute Gasteiger partial charge is 0.232 e. The maximum atomic E-state index is 14.1. The van der Waals surface area contributed by atoms with Crippen LogP contribution in [0.5, 0.6) is 11.5 Å². The highest BCUT2D eigenvalue weighted by atomic mass is 19.1. The molecule has 1 aromatic carbocycles. The van der Waals surface area contributed by atoms with Crippen molar-refractivity contribution >= 4 is 11.6 Å². The minimum absolute atomic E-state index is 0.0435. The highest BCUT2D eigenvalue weighted by Crippen LogP contribution is 2.35. The Morgan fingerprint density at radius 3 is 2.45 bits per heavy atom. The Hall–Kier alpha value is -1.86. The van der Waals surface area contributed by atoms with Gasteiger partial charge in [-0.15, -0.1) is 0 Å². The fraction of sp³-hybridized carbons (Fsp3) is 0.533. The third-order valence-electron chi connectivity index (χ3n) is 4.04. The van der Waals surface area contributed by atoms with Gasteiger partial charge >= 0.3 is 0 Å². The molecule has 6 nitrogen and oxygen atoms in total. The van der Waals surface area contributed by atoms with Crippen LogP contribution in [0, 0.1) is 11.2 Å². The van der Waals surface area contributed by atoms with Crippen molar-refractivity contribution in [1.29, 1.82) is 0 Å². The molecule has 0 bridgehead atoms. The number of benzene rings is 1. The predicted molar refractivity (Wildman–Crippen MR) is 79.7 cm³/mol. The van der Waals surface area contributed by atoms with Gasteiger partial charge in [0.05, 0.1) is 25.3 Å².